The minimum atomic E-state index is -0.306. The molecule has 0 radical (unpaired) electrons. The van der Waals surface area contributed by atoms with Crippen molar-refractivity contribution in [2.45, 2.75) is 0 Å². The number of ether oxygens (including phenoxy) is 1. The van der Waals surface area contributed by atoms with E-state index in [9.17, 15) is 4.79 Å². The van der Waals surface area contributed by atoms with Gasteiger partial charge in [0.25, 0.3) is 0 Å². The monoisotopic (exact) mass is 212 g/mol. The van der Waals surface area contributed by atoms with Crippen molar-refractivity contribution in [1.82, 2.24) is 0 Å². The van der Waals surface area contributed by atoms with Crippen LogP contribution in [-0.2, 0) is 4.74 Å². The van der Waals surface area contributed by atoms with Crippen molar-refractivity contribution < 1.29 is 9.53 Å². The van der Waals surface area contributed by atoms with Crippen molar-refractivity contribution >= 4 is 5.97 Å². The van der Waals surface area contributed by atoms with Gasteiger partial charge in [-0.2, -0.15) is 0 Å². The van der Waals surface area contributed by atoms with Crippen LogP contribution in [0.15, 0.2) is 54.6 Å². The van der Waals surface area contributed by atoms with Gasteiger partial charge >= 0.3 is 5.97 Å². The maximum Gasteiger partial charge on any atom is 0.338 e. The molecule has 0 aliphatic carbocycles. The molecule has 16 heavy (non-hydrogen) atoms. The second kappa shape index (κ2) is 4.62. The number of carbonyl (C=O) groups is 1. The van der Waals surface area contributed by atoms with E-state index >= 15 is 0 Å². The van der Waals surface area contributed by atoms with Crippen LogP contribution in [0.1, 0.15) is 10.4 Å². The molecule has 0 saturated heterocycles. The van der Waals surface area contributed by atoms with Crippen LogP contribution in [0.5, 0.6) is 0 Å². The molecule has 2 nitrogen and oxygen atoms in total. The number of esters is 1. The second-order valence-electron chi connectivity index (χ2n) is 3.40. The largest absolute Gasteiger partial charge is 0.465 e. The Kier molecular flexibility index (Phi) is 3.01. The fourth-order valence-electron chi connectivity index (χ4n) is 1.64. The van der Waals surface area contributed by atoms with Gasteiger partial charge in [0, 0.05) is 0 Å². The molecular weight excluding hydrogens is 200 g/mol. The first kappa shape index (κ1) is 10.4. The van der Waals surface area contributed by atoms with Crippen molar-refractivity contribution in [2.75, 3.05) is 7.11 Å². The first-order valence-corrected chi connectivity index (χ1v) is 5.05. The number of rotatable bonds is 2. The Balaban J connectivity index is 2.53. The van der Waals surface area contributed by atoms with Gasteiger partial charge < -0.3 is 4.74 Å². The van der Waals surface area contributed by atoms with Gasteiger partial charge in [0.05, 0.1) is 12.7 Å². The van der Waals surface area contributed by atoms with Crippen LogP contribution >= 0.6 is 0 Å². The highest BCUT2D eigenvalue weighted by atomic mass is 16.5. The molecule has 0 fully saturated rings. The molecule has 0 aromatic heterocycles. The van der Waals surface area contributed by atoms with Crippen molar-refractivity contribution in [3.05, 3.63) is 60.2 Å². The van der Waals surface area contributed by atoms with E-state index in [4.69, 9.17) is 4.74 Å². The number of benzene rings is 2. The van der Waals surface area contributed by atoms with E-state index in [0.29, 0.717) is 5.56 Å². The van der Waals surface area contributed by atoms with Crippen molar-refractivity contribution in [1.29, 1.82) is 0 Å². The predicted molar refractivity (Wildman–Crippen MR) is 63.2 cm³/mol. The summed E-state index contributed by atoms with van der Waals surface area (Å²) < 4.78 is 4.76. The normalized spacial score (nSPS) is 9.81. The molecule has 2 rings (SSSR count). The van der Waals surface area contributed by atoms with Crippen molar-refractivity contribution in [3.63, 3.8) is 0 Å². The number of hydrogen-bond donors (Lipinski definition) is 0. The molecule has 0 spiro atoms. The number of hydrogen-bond acceptors (Lipinski definition) is 2. The number of methoxy groups -OCH3 is 1. The van der Waals surface area contributed by atoms with Gasteiger partial charge in [0.2, 0.25) is 0 Å². The average molecular weight is 212 g/mol. The number of carbonyl (C=O) groups excluding carboxylic acids is 1. The summed E-state index contributed by atoms with van der Waals surface area (Å²) in [5.74, 6) is -0.306. The zero-order valence-electron chi connectivity index (χ0n) is 9.01. The second-order valence-corrected chi connectivity index (χ2v) is 3.40. The molecule has 2 heteroatoms. The quantitative estimate of drug-likeness (QED) is 0.715. The molecule has 80 valence electrons. The summed E-state index contributed by atoms with van der Waals surface area (Å²) in [6.45, 7) is 0. The maximum absolute atomic E-state index is 11.6. The highest BCUT2D eigenvalue weighted by molar-refractivity contribution is 5.97. The van der Waals surface area contributed by atoms with Crippen LogP contribution in [0.2, 0.25) is 0 Å². The van der Waals surface area contributed by atoms with E-state index in [0.717, 1.165) is 11.1 Å². The molecule has 0 aliphatic heterocycles. The lowest BCUT2D eigenvalue weighted by atomic mass is 10.00. The average Bonchev–Trinajstić information content (AvgIpc) is 2.39. The SMILES string of the molecule is COC(=O)c1ccccc1-c1ccccc1. The fourth-order valence-corrected chi connectivity index (χ4v) is 1.64. The third kappa shape index (κ3) is 1.96. The van der Waals surface area contributed by atoms with E-state index in [1.54, 1.807) is 6.07 Å². The Morgan fingerprint density at radius 1 is 0.938 bits per heavy atom. The smallest absolute Gasteiger partial charge is 0.338 e. The van der Waals surface area contributed by atoms with Crippen molar-refractivity contribution in [2.24, 2.45) is 0 Å². The highest BCUT2D eigenvalue weighted by Crippen LogP contribution is 2.23. The first-order chi connectivity index (χ1) is 7.83. The van der Waals surface area contributed by atoms with Gasteiger partial charge in [-0.05, 0) is 17.2 Å². The Bertz CT molecular complexity index is 489. The minimum absolute atomic E-state index is 0.306. The van der Waals surface area contributed by atoms with Gasteiger partial charge in [-0.25, -0.2) is 4.79 Å². The molecule has 2 aromatic carbocycles. The summed E-state index contributed by atoms with van der Waals surface area (Å²) in [7, 11) is 1.39. The standard InChI is InChI=1S/C14H12O2/c1-16-14(15)13-10-6-5-9-12(13)11-7-3-2-4-8-11/h2-10H,1H3. The minimum Gasteiger partial charge on any atom is -0.465 e. The molecule has 0 heterocycles. The summed E-state index contributed by atoms with van der Waals surface area (Å²) in [5, 5.41) is 0. The van der Waals surface area contributed by atoms with E-state index < -0.39 is 0 Å². The molecule has 2 aromatic rings. The zero-order valence-corrected chi connectivity index (χ0v) is 9.01. The Hall–Kier alpha value is -2.09. The lowest BCUT2D eigenvalue weighted by molar-refractivity contribution is 0.0601. The van der Waals surface area contributed by atoms with Crippen LogP contribution < -0.4 is 0 Å². The van der Waals surface area contributed by atoms with Gasteiger partial charge in [0.1, 0.15) is 0 Å². The first-order valence-electron chi connectivity index (χ1n) is 5.05. The topological polar surface area (TPSA) is 26.3 Å². The van der Waals surface area contributed by atoms with Crippen LogP contribution in [0.25, 0.3) is 11.1 Å². The van der Waals surface area contributed by atoms with Crippen molar-refractivity contribution in [3.8, 4) is 11.1 Å². The van der Waals surface area contributed by atoms with E-state index in [1.165, 1.54) is 7.11 Å². The highest BCUT2D eigenvalue weighted by Gasteiger charge is 2.11. The summed E-state index contributed by atoms with van der Waals surface area (Å²) in [4.78, 5) is 11.6. The van der Waals surface area contributed by atoms with Gasteiger partial charge in [-0.15, -0.1) is 0 Å². The molecular formula is C14H12O2. The fraction of sp³-hybridized carbons (Fsp3) is 0.0714. The summed E-state index contributed by atoms with van der Waals surface area (Å²) in [5.41, 5.74) is 2.51. The van der Waals surface area contributed by atoms with Crippen LogP contribution in [0.3, 0.4) is 0 Å². The van der Waals surface area contributed by atoms with Crippen LogP contribution in [0.4, 0.5) is 0 Å². The lowest BCUT2D eigenvalue weighted by Crippen LogP contribution is -2.03. The van der Waals surface area contributed by atoms with Gasteiger partial charge in [-0.1, -0.05) is 48.5 Å². The third-order valence-corrected chi connectivity index (χ3v) is 2.42. The molecule has 0 atom stereocenters. The lowest BCUT2D eigenvalue weighted by Gasteiger charge is -2.07. The molecule has 0 saturated carbocycles. The molecule has 0 aliphatic rings. The van der Waals surface area contributed by atoms with Crippen LogP contribution in [-0.4, -0.2) is 13.1 Å². The van der Waals surface area contributed by atoms with E-state index in [2.05, 4.69) is 0 Å². The van der Waals surface area contributed by atoms with Gasteiger partial charge in [0.15, 0.2) is 0 Å². The Morgan fingerprint density at radius 2 is 1.56 bits per heavy atom. The Morgan fingerprint density at radius 3 is 2.25 bits per heavy atom. The molecule has 0 N–H and O–H groups in total. The Labute approximate surface area is 94.5 Å². The summed E-state index contributed by atoms with van der Waals surface area (Å²) in [6.07, 6.45) is 0. The summed E-state index contributed by atoms with van der Waals surface area (Å²) >= 11 is 0. The molecule has 0 unspecified atom stereocenters. The predicted octanol–water partition coefficient (Wildman–Crippen LogP) is 3.14. The van der Waals surface area contributed by atoms with Gasteiger partial charge in [-0.3, -0.25) is 0 Å². The third-order valence-electron chi connectivity index (χ3n) is 2.42. The van der Waals surface area contributed by atoms with Crippen LogP contribution in [0, 0.1) is 0 Å². The maximum atomic E-state index is 11.6. The van der Waals surface area contributed by atoms with E-state index in [1.807, 2.05) is 48.5 Å². The molecule has 0 bridgehead atoms. The summed E-state index contributed by atoms with van der Waals surface area (Å²) in [6, 6.07) is 17.2. The zero-order chi connectivity index (χ0) is 11.4. The van der Waals surface area contributed by atoms with E-state index in [-0.39, 0.29) is 5.97 Å². The molecule has 0 amide bonds.